The lowest BCUT2D eigenvalue weighted by atomic mass is 10.2. The Bertz CT molecular complexity index is 675. The molecule has 1 aliphatic heterocycles. The lowest BCUT2D eigenvalue weighted by Crippen LogP contribution is -2.30. The molecule has 1 aliphatic rings. The van der Waals surface area contributed by atoms with E-state index >= 15 is 0 Å². The average molecular weight is 331 g/mol. The van der Waals surface area contributed by atoms with Crippen molar-refractivity contribution < 1.29 is 19.7 Å². The summed E-state index contributed by atoms with van der Waals surface area (Å²) >= 11 is 0. The summed E-state index contributed by atoms with van der Waals surface area (Å²) in [6.45, 7) is 3.72. The first-order valence-electron chi connectivity index (χ1n) is 7.35. The molecule has 1 aromatic carbocycles. The molecule has 2 aromatic rings. The Hall–Kier alpha value is -2.66. The van der Waals surface area contributed by atoms with Crippen LogP contribution in [0.4, 0.5) is 4.79 Å². The second-order valence-electron chi connectivity index (χ2n) is 4.58. The van der Waals surface area contributed by atoms with Gasteiger partial charge in [-0.1, -0.05) is 30.0 Å². The van der Waals surface area contributed by atoms with Crippen molar-refractivity contribution in [2.24, 2.45) is 5.73 Å². The number of pyridine rings is 1. The Morgan fingerprint density at radius 1 is 1.33 bits per heavy atom. The highest BCUT2D eigenvalue weighted by molar-refractivity contribution is 5.79. The van der Waals surface area contributed by atoms with Gasteiger partial charge in [0, 0.05) is 30.2 Å². The van der Waals surface area contributed by atoms with E-state index in [1.54, 1.807) is 6.20 Å². The van der Waals surface area contributed by atoms with Crippen LogP contribution in [0.25, 0.3) is 10.9 Å². The van der Waals surface area contributed by atoms with Gasteiger partial charge in [0.25, 0.3) is 0 Å². The number of aliphatic hydroxyl groups is 1. The van der Waals surface area contributed by atoms with Crippen LogP contribution < -0.4 is 11.1 Å². The minimum atomic E-state index is -1.33. The number of ether oxygens (including phenoxy) is 1. The molecule has 0 unspecified atom stereocenters. The van der Waals surface area contributed by atoms with Crippen molar-refractivity contribution in [2.75, 3.05) is 32.9 Å². The Labute approximate surface area is 140 Å². The predicted octanol–water partition coefficient (Wildman–Crippen LogP) is 0.808. The number of benzene rings is 1. The first-order valence-corrected chi connectivity index (χ1v) is 7.35. The van der Waals surface area contributed by atoms with E-state index in [1.807, 2.05) is 30.3 Å². The highest BCUT2D eigenvalue weighted by Crippen LogP contribution is 2.11. The van der Waals surface area contributed by atoms with Crippen LogP contribution in [-0.2, 0) is 4.74 Å². The van der Waals surface area contributed by atoms with E-state index in [0.29, 0.717) is 0 Å². The van der Waals surface area contributed by atoms with Crippen molar-refractivity contribution >= 4 is 17.0 Å². The monoisotopic (exact) mass is 331 g/mol. The van der Waals surface area contributed by atoms with Crippen molar-refractivity contribution in [1.29, 1.82) is 0 Å². The number of hydrogen-bond donors (Lipinski definition) is 4. The highest BCUT2D eigenvalue weighted by Gasteiger charge is 1.94. The number of amides is 1. The minimum Gasteiger partial charge on any atom is -0.465 e. The van der Waals surface area contributed by atoms with Gasteiger partial charge in [-0.2, -0.15) is 0 Å². The zero-order valence-corrected chi connectivity index (χ0v) is 13.2. The number of fused-ring (bicyclic) bond motifs is 1. The fourth-order valence-corrected chi connectivity index (χ4v) is 1.80. The van der Waals surface area contributed by atoms with Gasteiger partial charge in [-0.15, -0.1) is 0 Å². The van der Waals surface area contributed by atoms with Gasteiger partial charge in [-0.3, -0.25) is 4.98 Å². The van der Waals surface area contributed by atoms with Crippen molar-refractivity contribution in [3.63, 3.8) is 0 Å². The minimum absolute atomic E-state index is 0.118. The van der Waals surface area contributed by atoms with Crippen molar-refractivity contribution in [3.05, 3.63) is 42.1 Å². The first kappa shape index (κ1) is 19.4. The van der Waals surface area contributed by atoms with E-state index in [1.165, 1.54) is 0 Å². The van der Waals surface area contributed by atoms with E-state index in [0.717, 1.165) is 42.8 Å². The van der Waals surface area contributed by atoms with Gasteiger partial charge in [0.1, 0.15) is 6.61 Å². The Balaban J connectivity index is 0.000000238. The van der Waals surface area contributed by atoms with Gasteiger partial charge in [0.05, 0.1) is 18.7 Å². The standard InChI is InChI=1S/C12H9NO.C4H9NO.CH3NO2/c14-7-3-4-10-8-11-5-1-2-6-12(11)13-9-10;1-3-6-4-2-5-1;2-1(3)4/h1-2,5-6,8-9,14H,7H2;5H,1-4H2;2H2,(H,3,4). The molecule has 2 heterocycles. The normalized spacial score (nSPS) is 12.5. The molecule has 0 aliphatic carbocycles. The molecule has 1 saturated heterocycles. The van der Waals surface area contributed by atoms with Crippen molar-refractivity contribution in [1.82, 2.24) is 10.3 Å². The zero-order chi connectivity index (χ0) is 17.6. The summed E-state index contributed by atoms with van der Waals surface area (Å²) in [6, 6.07) is 9.83. The SMILES string of the molecule is C1COCCN1.NC(=O)O.OCC#Cc1cnc2ccccc2c1. The molecule has 3 rings (SSSR count). The number of carbonyl (C=O) groups is 1. The maximum atomic E-state index is 8.78. The van der Waals surface area contributed by atoms with Crippen LogP contribution in [0.1, 0.15) is 5.56 Å². The van der Waals surface area contributed by atoms with E-state index in [-0.39, 0.29) is 6.61 Å². The summed E-state index contributed by atoms with van der Waals surface area (Å²) in [5, 5.41) is 20.0. The maximum Gasteiger partial charge on any atom is 0.402 e. The van der Waals surface area contributed by atoms with E-state index in [4.69, 9.17) is 19.7 Å². The Kier molecular flexibility index (Phi) is 9.57. The van der Waals surface area contributed by atoms with Crippen LogP contribution in [0.15, 0.2) is 36.5 Å². The third kappa shape index (κ3) is 8.70. The van der Waals surface area contributed by atoms with Gasteiger partial charge in [0.15, 0.2) is 0 Å². The number of nitrogens with zero attached hydrogens (tertiary/aromatic N) is 1. The molecule has 1 aromatic heterocycles. The van der Waals surface area contributed by atoms with E-state index in [2.05, 4.69) is 27.9 Å². The Morgan fingerprint density at radius 3 is 2.54 bits per heavy atom. The topological polar surface area (TPSA) is 118 Å². The molecular formula is C17H21N3O4. The molecule has 1 fully saturated rings. The van der Waals surface area contributed by atoms with Crippen molar-refractivity contribution in [3.8, 4) is 11.8 Å². The molecule has 5 N–H and O–H groups in total. The number of rotatable bonds is 0. The quantitative estimate of drug-likeness (QED) is 0.531. The van der Waals surface area contributed by atoms with Gasteiger partial charge in [-0.05, 0) is 12.1 Å². The number of nitrogens with one attached hydrogen (secondary N) is 1. The summed E-state index contributed by atoms with van der Waals surface area (Å²) < 4.78 is 5.01. The number of para-hydroxylation sites is 1. The number of carboxylic acid groups (broad SMARTS) is 1. The van der Waals surface area contributed by atoms with Gasteiger partial charge in [0.2, 0.25) is 0 Å². The van der Waals surface area contributed by atoms with Crippen LogP contribution in [0.3, 0.4) is 0 Å². The van der Waals surface area contributed by atoms with E-state index in [9.17, 15) is 0 Å². The van der Waals surface area contributed by atoms with Gasteiger partial charge in [-0.25, -0.2) is 4.79 Å². The number of aromatic nitrogens is 1. The molecule has 128 valence electrons. The fourth-order valence-electron chi connectivity index (χ4n) is 1.80. The molecule has 24 heavy (non-hydrogen) atoms. The van der Waals surface area contributed by atoms with Crippen LogP contribution in [0.5, 0.6) is 0 Å². The second kappa shape index (κ2) is 11.8. The number of morpholine rings is 1. The zero-order valence-electron chi connectivity index (χ0n) is 13.2. The summed E-state index contributed by atoms with van der Waals surface area (Å²) in [7, 11) is 0. The number of hydrogen-bond acceptors (Lipinski definition) is 5. The average Bonchev–Trinajstić information content (AvgIpc) is 2.61. The number of nitrogens with two attached hydrogens (primary N) is 1. The number of primary amides is 1. The van der Waals surface area contributed by atoms with Crippen LogP contribution in [0, 0.1) is 11.8 Å². The summed E-state index contributed by atoms with van der Waals surface area (Å²) in [4.78, 5) is 13.0. The molecule has 7 nitrogen and oxygen atoms in total. The summed E-state index contributed by atoms with van der Waals surface area (Å²) in [5.74, 6) is 5.42. The van der Waals surface area contributed by atoms with Crippen LogP contribution in [-0.4, -0.2) is 54.2 Å². The van der Waals surface area contributed by atoms with Crippen LogP contribution in [0.2, 0.25) is 0 Å². The Morgan fingerprint density at radius 2 is 2.00 bits per heavy atom. The molecule has 0 radical (unpaired) electrons. The second-order valence-corrected chi connectivity index (χ2v) is 4.58. The molecular weight excluding hydrogens is 310 g/mol. The third-order valence-electron chi connectivity index (χ3n) is 2.75. The molecule has 7 heteroatoms. The first-order chi connectivity index (χ1) is 11.6. The predicted molar refractivity (Wildman–Crippen MR) is 91.6 cm³/mol. The fraction of sp³-hybridized carbons (Fsp3) is 0.294. The van der Waals surface area contributed by atoms with Gasteiger partial charge < -0.3 is 26.0 Å². The van der Waals surface area contributed by atoms with Crippen LogP contribution >= 0.6 is 0 Å². The largest absolute Gasteiger partial charge is 0.465 e. The molecule has 0 spiro atoms. The lowest BCUT2D eigenvalue weighted by molar-refractivity contribution is 0.109. The number of aliphatic hydroxyl groups excluding tert-OH is 1. The lowest BCUT2D eigenvalue weighted by Gasteiger charge is -2.10. The van der Waals surface area contributed by atoms with E-state index < -0.39 is 6.09 Å². The molecule has 0 bridgehead atoms. The summed E-state index contributed by atoms with van der Waals surface area (Å²) in [6.07, 6.45) is 0.380. The smallest absolute Gasteiger partial charge is 0.402 e. The molecule has 0 atom stereocenters. The summed E-state index contributed by atoms with van der Waals surface area (Å²) in [5.41, 5.74) is 5.82. The maximum absolute atomic E-state index is 8.78. The molecule has 1 amide bonds. The highest BCUT2D eigenvalue weighted by atomic mass is 16.5. The molecule has 0 saturated carbocycles. The van der Waals surface area contributed by atoms with Crippen molar-refractivity contribution in [2.45, 2.75) is 0 Å². The van der Waals surface area contributed by atoms with Gasteiger partial charge >= 0.3 is 6.09 Å². The third-order valence-corrected chi connectivity index (χ3v) is 2.75.